The van der Waals surface area contributed by atoms with Gasteiger partial charge in [0.05, 0.1) is 12.2 Å². The molecule has 1 fully saturated rings. The molecular formula is C11H11ClF3N5. The Labute approximate surface area is 117 Å². The monoisotopic (exact) mass is 305 g/mol. The molecule has 0 atom stereocenters. The minimum Gasteiger partial charge on any atom is -0.355 e. The quantitative estimate of drug-likeness (QED) is 0.823. The van der Waals surface area contributed by atoms with Crippen LogP contribution in [0.4, 0.5) is 19.0 Å². The molecule has 1 N–H and O–H groups in total. The number of rotatable bonds is 1. The molecule has 3 rings (SSSR count). The number of piperidine rings is 1. The summed E-state index contributed by atoms with van der Waals surface area (Å²) in [7, 11) is 0. The van der Waals surface area contributed by atoms with Crippen LogP contribution in [0.1, 0.15) is 12.8 Å². The van der Waals surface area contributed by atoms with Crippen LogP contribution in [0.3, 0.4) is 0 Å². The van der Waals surface area contributed by atoms with E-state index < -0.39 is 12.1 Å². The predicted molar refractivity (Wildman–Crippen MR) is 67.7 cm³/mol. The van der Waals surface area contributed by atoms with Crippen molar-refractivity contribution in [3.05, 3.63) is 11.6 Å². The highest BCUT2D eigenvalue weighted by Gasteiger charge is 2.41. The molecule has 108 valence electrons. The molecular weight excluding hydrogens is 295 g/mol. The average molecular weight is 306 g/mol. The van der Waals surface area contributed by atoms with E-state index in [-0.39, 0.29) is 31.2 Å². The van der Waals surface area contributed by atoms with Crippen molar-refractivity contribution in [3.63, 3.8) is 0 Å². The molecule has 0 aromatic carbocycles. The predicted octanol–water partition coefficient (Wildman–Crippen LogP) is 2.79. The Morgan fingerprint density at radius 1 is 1.25 bits per heavy atom. The van der Waals surface area contributed by atoms with Crippen molar-refractivity contribution < 1.29 is 13.2 Å². The molecule has 0 spiro atoms. The van der Waals surface area contributed by atoms with Gasteiger partial charge in [0.15, 0.2) is 11.5 Å². The maximum atomic E-state index is 12.7. The first kappa shape index (κ1) is 13.4. The lowest BCUT2D eigenvalue weighted by Gasteiger charge is -2.33. The number of hydrogen-bond acceptors (Lipinski definition) is 4. The van der Waals surface area contributed by atoms with Gasteiger partial charge in [0.25, 0.3) is 0 Å². The molecule has 9 heteroatoms. The number of anilines is 1. The van der Waals surface area contributed by atoms with E-state index in [4.69, 9.17) is 11.6 Å². The molecule has 0 amide bonds. The molecule has 0 unspecified atom stereocenters. The first-order valence-corrected chi connectivity index (χ1v) is 6.51. The minimum atomic E-state index is -4.13. The molecule has 0 saturated carbocycles. The molecule has 2 aromatic rings. The lowest BCUT2D eigenvalue weighted by atomic mass is 9.96. The summed E-state index contributed by atoms with van der Waals surface area (Å²) in [4.78, 5) is 16.7. The Kier molecular flexibility index (Phi) is 3.19. The SMILES string of the molecule is FC(F)(F)C1CCN(c2nc(Cl)nc3nc[nH]c23)CC1. The second-order valence-electron chi connectivity index (χ2n) is 4.72. The number of nitrogens with zero attached hydrogens (tertiary/aromatic N) is 4. The van der Waals surface area contributed by atoms with Gasteiger partial charge in [-0.05, 0) is 24.4 Å². The van der Waals surface area contributed by atoms with Gasteiger partial charge in [-0.15, -0.1) is 0 Å². The van der Waals surface area contributed by atoms with Gasteiger partial charge in [-0.1, -0.05) is 0 Å². The van der Waals surface area contributed by atoms with Crippen molar-refractivity contribution in [2.75, 3.05) is 18.0 Å². The Morgan fingerprint density at radius 2 is 1.95 bits per heavy atom. The molecule has 2 aromatic heterocycles. The highest BCUT2D eigenvalue weighted by atomic mass is 35.5. The van der Waals surface area contributed by atoms with Crippen LogP contribution in [0.25, 0.3) is 11.2 Å². The number of hydrogen-bond donors (Lipinski definition) is 1. The van der Waals surface area contributed by atoms with Crippen LogP contribution in [0.2, 0.25) is 5.28 Å². The summed E-state index contributed by atoms with van der Waals surface area (Å²) in [6, 6.07) is 0. The van der Waals surface area contributed by atoms with Gasteiger partial charge in [0.2, 0.25) is 5.28 Å². The molecule has 20 heavy (non-hydrogen) atoms. The van der Waals surface area contributed by atoms with Crippen molar-refractivity contribution in [1.82, 2.24) is 19.9 Å². The first-order valence-electron chi connectivity index (χ1n) is 6.13. The van der Waals surface area contributed by atoms with Crippen molar-refractivity contribution >= 4 is 28.6 Å². The number of fused-ring (bicyclic) bond motifs is 1. The summed E-state index contributed by atoms with van der Waals surface area (Å²) >= 11 is 5.82. The topological polar surface area (TPSA) is 57.7 Å². The summed E-state index contributed by atoms with van der Waals surface area (Å²) in [5, 5.41) is 0.0394. The largest absolute Gasteiger partial charge is 0.391 e. The van der Waals surface area contributed by atoms with Crippen LogP contribution in [0.15, 0.2) is 6.33 Å². The van der Waals surface area contributed by atoms with Crippen LogP contribution in [-0.4, -0.2) is 39.2 Å². The van der Waals surface area contributed by atoms with Gasteiger partial charge >= 0.3 is 6.18 Å². The van der Waals surface area contributed by atoms with E-state index >= 15 is 0 Å². The zero-order chi connectivity index (χ0) is 14.3. The van der Waals surface area contributed by atoms with Crippen LogP contribution in [0.5, 0.6) is 0 Å². The standard InChI is InChI=1S/C11H11ClF3N5/c12-10-18-8-7(16-5-17-8)9(19-10)20-3-1-6(2-4-20)11(13,14)15/h5-6H,1-4H2,(H,16,17,18,19). The number of aromatic nitrogens is 4. The third-order valence-corrected chi connectivity index (χ3v) is 3.67. The van der Waals surface area contributed by atoms with E-state index in [1.54, 1.807) is 4.90 Å². The normalized spacial score (nSPS) is 17.9. The summed E-state index contributed by atoms with van der Waals surface area (Å²) in [5.41, 5.74) is 1.01. The second-order valence-corrected chi connectivity index (χ2v) is 5.06. The zero-order valence-electron chi connectivity index (χ0n) is 10.3. The Hall–Kier alpha value is -1.57. The number of nitrogens with one attached hydrogen (secondary N) is 1. The van der Waals surface area contributed by atoms with E-state index in [2.05, 4.69) is 19.9 Å². The summed E-state index contributed by atoms with van der Waals surface area (Å²) in [6.45, 7) is 0.567. The number of halogens is 4. The van der Waals surface area contributed by atoms with Gasteiger partial charge in [-0.25, -0.2) is 4.98 Å². The average Bonchev–Trinajstić information content (AvgIpc) is 2.85. The molecule has 3 heterocycles. The van der Waals surface area contributed by atoms with Crippen LogP contribution >= 0.6 is 11.6 Å². The first-order chi connectivity index (χ1) is 9.45. The summed E-state index contributed by atoms with van der Waals surface area (Å²) < 4.78 is 38.0. The van der Waals surface area contributed by atoms with E-state index in [1.807, 2.05) is 0 Å². The number of H-pyrrole nitrogens is 1. The molecule has 0 aliphatic carbocycles. The van der Waals surface area contributed by atoms with Gasteiger partial charge in [-0.2, -0.15) is 23.1 Å². The number of aromatic amines is 1. The maximum absolute atomic E-state index is 12.7. The van der Waals surface area contributed by atoms with E-state index in [0.29, 0.717) is 17.0 Å². The maximum Gasteiger partial charge on any atom is 0.391 e. The fraction of sp³-hybridized carbons (Fsp3) is 0.545. The molecule has 1 aliphatic heterocycles. The summed E-state index contributed by atoms with van der Waals surface area (Å²) in [5.74, 6) is -0.730. The van der Waals surface area contributed by atoms with Crippen LogP contribution in [0, 0.1) is 5.92 Å². The van der Waals surface area contributed by atoms with Gasteiger partial charge in [0.1, 0.15) is 5.52 Å². The highest BCUT2D eigenvalue weighted by Crippen LogP contribution is 2.36. The fourth-order valence-corrected chi connectivity index (χ4v) is 2.60. The third kappa shape index (κ3) is 2.39. The van der Waals surface area contributed by atoms with Crippen LogP contribution < -0.4 is 4.90 Å². The molecule has 1 aliphatic rings. The van der Waals surface area contributed by atoms with Crippen molar-refractivity contribution in [2.24, 2.45) is 5.92 Å². The summed E-state index contributed by atoms with van der Waals surface area (Å²) in [6.07, 6.45) is -2.55. The van der Waals surface area contributed by atoms with E-state index in [1.165, 1.54) is 6.33 Å². The smallest absolute Gasteiger partial charge is 0.355 e. The Bertz CT molecular complexity index is 618. The Morgan fingerprint density at radius 3 is 2.60 bits per heavy atom. The lowest BCUT2D eigenvalue weighted by Crippen LogP contribution is -2.39. The van der Waals surface area contributed by atoms with Crippen molar-refractivity contribution in [1.29, 1.82) is 0 Å². The lowest BCUT2D eigenvalue weighted by molar-refractivity contribution is -0.179. The third-order valence-electron chi connectivity index (χ3n) is 3.50. The molecule has 0 radical (unpaired) electrons. The zero-order valence-corrected chi connectivity index (χ0v) is 11.0. The van der Waals surface area contributed by atoms with Gasteiger partial charge in [-0.3, -0.25) is 0 Å². The Balaban J connectivity index is 1.85. The van der Waals surface area contributed by atoms with Crippen LogP contribution in [-0.2, 0) is 0 Å². The van der Waals surface area contributed by atoms with Crippen molar-refractivity contribution in [2.45, 2.75) is 19.0 Å². The second kappa shape index (κ2) is 4.76. The highest BCUT2D eigenvalue weighted by molar-refractivity contribution is 6.28. The molecule has 5 nitrogen and oxygen atoms in total. The molecule has 1 saturated heterocycles. The van der Waals surface area contributed by atoms with Crippen molar-refractivity contribution in [3.8, 4) is 0 Å². The van der Waals surface area contributed by atoms with E-state index in [0.717, 1.165) is 0 Å². The minimum absolute atomic E-state index is 0.0394. The number of alkyl halides is 3. The van der Waals surface area contributed by atoms with Gasteiger partial charge < -0.3 is 9.88 Å². The molecule has 0 bridgehead atoms. The number of imidazole rings is 1. The van der Waals surface area contributed by atoms with E-state index in [9.17, 15) is 13.2 Å². The fourth-order valence-electron chi connectivity index (χ4n) is 2.44. The van der Waals surface area contributed by atoms with Gasteiger partial charge in [0, 0.05) is 13.1 Å².